The molecule has 0 fully saturated rings. The van der Waals surface area contributed by atoms with Crippen molar-refractivity contribution in [1.82, 2.24) is 10.6 Å². The van der Waals surface area contributed by atoms with Crippen LogP contribution in [-0.2, 0) is 19.3 Å². The maximum Gasteiger partial charge on any atom is 0.315 e. The lowest BCUT2D eigenvalue weighted by molar-refractivity contribution is 0.237. The monoisotopic (exact) mass is 286 g/mol. The zero-order chi connectivity index (χ0) is 13.8. The first-order valence-corrected chi connectivity index (χ1v) is 7.83. The molecule has 4 heteroatoms. The summed E-state index contributed by atoms with van der Waals surface area (Å²) in [6.45, 7) is 0.687. The summed E-state index contributed by atoms with van der Waals surface area (Å²) in [5.74, 6) is 0. The van der Waals surface area contributed by atoms with Crippen LogP contribution in [0.2, 0.25) is 0 Å². The highest BCUT2D eigenvalue weighted by molar-refractivity contribution is 7.09. The highest BCUT2D eigenvalue weighted by atomic mass is 32.1. The van der Waals surface area contributed by atoms with Gasteiger partial charge in [-0.3, -0.25) is 0 Å². The fourth-order valence-electron chi connectivity index (χ4n) is 2.65. The number of urea groups is 1. The van der Waals surface area contributed by atoms with E-state index in [0.717, 1.165) is 19.3 Å². The van der Waals surface area contributed by atoms with Crippen molar-refractivity contribution in [1.29, 1.82) is 0 Å². The van der Waals surface area contributed by atoms with Crippen LogP contribution in [0, 0.1) is 0 Å². The third-order valence-corrected chi connectivity index (χ3v) is 4.56. The third-order valence-electron chi connectivity index (χ3n) is 3.62. The Morgan fingerprint density at radius 3 is 2.55 bits per heavy atom. The van der Waals surface area contributed by atoms with Gasteiger partial charge in [-0.15, -0.1) is 11.3 Å². The lowest BCUT2D eigenvalue weighted by Gasteiger charge is -2.12. The van der Waals surface area contributed by atoms with Gasteiger partial charge in [0.2, 0.25) is 0 Å². The van der Waals surface area contributed by atoms with Crippen molar-refractivity contribution in [2.75, 3.05) is 6.54 Å². The number of fused-ring (bicyclic) bond motifs is 1. The Labute approximate surface area is 123 Å². The molecule has 2 N–H and O–H groups in total. The quantitative estimate of drug-likeness (QED) is 0.891. The molecule has 0 atom stereocenters. The van der Waals surface area contributed by atoms with Crippen LogP contribution < -0.4 is 10.6 Å². The lowest BCUT2D eigenvalue weighted by Crippen LogP contribution is -2.43. The van der Waals surface area contributed by atoms with Crippen LogP contribution in [0.25, 0.3) is 0 Å². The third kappa shape index (κ3) is 3.20. The molecule has 0 saturated carbocycles. The molecular formula is C16H18N2OS. The predicted molar refractivity (Wildman–Crippen MR) is 82.2 cm³/mol. The van der Waals surface area contributed by atoms with Crippen molar-refractivity contribution in [3.63, 3.8) is 0 Å². The van der Waals surface area contributed by atoms with Crippen molar-refractivity contribution in [3.8, 4) is 0 Å². The van der Waals surface area contributed by atoms with Gasteiger partial charge in [0.25, 0.3) is 0 Å². The van der Waals surface area contributed by atoms with Gasteiger partial charge in [-0.05, 0) is 41.8 Å². The van der Waals surface area contributed by atoms with Gasteiger partial charge in [0.05, 0.1) is 0 Å². The number of carbonyl (C=O) groups is 1. The molecule has 2 aromatic rings. The largest absolute Gasteiger partial charge is 0.338 e. The van der Waals surface area contributed by atoms with Crippen molar-refractivity contribution in [2.45, 2.75) is 25.3 Å². The maximum absolute atomic E-state index is 11.9. The molecule has 2 amide bonds. The normalized spacial score (nSPS) is 14.0. The van der Waals surface area contributed by atoms with Gasteiger partial charge in [0, 0.05) is 17.5 Å². The van der Waals surface area contributed by atoms with Crippen LogP contribution >= 0.6 is 11.3 Å². The number of rotatable bonds is 4. The van der Waals surface area contributed by atoms with Gasteiger partial charge < -0.3 is 10.6 Å². The summed E-state index contributed by atoms with van der Waals surface area (Å²) in [5, 5.41) is 8.05. The summed E-state index contributed by atoms with van der Waals surface area (Å²) in [6.07, 6.45) is 2.78. The second-order valence-corrected chi connectivity index (χ2v) is 6.14. The topological polar surface area (TPSA) is 41.1 Å². The Bertz CT molecular complexity index is 555. The van der Waals surface area contributed by atoms with E-state index in [4.69, 9.17) is 0 Å². The summed E-state index contributed by atoms with van der Waals surface area (Å²) in [7, 11) is 0. The van der Waals surface area contributed by atoms with Gasteiger partial charge in [-0.2, -0.15) is 0 Å². The number of hydrogen-bond donors (Lipinski definition) is 2. The second kappa shape index (κ2) is 6.09. The first-order chi connectivity index (χ1) is 9.81. The standard InChI is InChI=1S/C16H18N2OS/c19-16(17-8-7-15-6-3-9-20-15)18-14-10-12-4-1-2-5-13(12)11-14/h1-6,9,14H,7-8,10-11H2,(H2,17,18,19). The number of benzene rings is 1. The van der Waals surface area contributed by atoms with Crippen molar-refractivity contribution < 1.29 is 4.79 Å². The smallest absolute Gasteiger partial charge is 0.315 e. The van der Waals surface area contributed by atoms with E-state index in [-0.39, 0.29) is 12.1 Å². The van der Waals surface area contributed by atoms with Crippen molar-refractivity contribution in [3.05, 3.63) is 57.8 Å². The zero-order valence-corrected chi connectivity index (χ0v) is 12.1. The number of thiophene rings is 1. The molecule has 0 bridgehead atoms. The molecule has 20 heavy (non-hydrogen) atoms. The molecule has 1 aromatic carbocycles. The molecule has 1 aliphatic carbocycles. The minimum Gasteiger partial charge on any atom is -0.338 e. The highest BCUT2D eigenvalue weighted by Crippen LogP contribution is 2.21. The number of hydrogen-bond acceptors (Lipinski definition) is 2. The van der Waals surface area contributed by atoms with Crippen LogP contribution in [0.1, 0.15) is 16.0 Å². The molecule has 1 aliphatic rings. The molecule has 1 aromatic heterocycles. The summed E-state index contributed by atoms with van der Waals surface area (Å²) in [5.41, 5.74) is 2.72. The molecule has 0 unspecified atom stereocenters. The Morgan fingerprint density at radius 2 is 1.90 bits per heavy atom. The van der Waals surface area contributed by atoms with E-state index in [1.807, 2.05) is 6.07 Å². The summed E-state index contributed by atoms with van der Waals surface area (Å²) in [6, 6.07) is 12.7. The molecule has 0 saturated heterocycles. The molecule has 0 radical (unpaired) electrons. The summed E-state index contributed by atoms with van der Waals surface area (Å²) >= 11 is 1.73. The Kier molecular flexibility index (Phi) is 4.02. The Balaban J connectivity index is 1.42. The summed E-state index contributed by atoms with van der Waals surface area (Å²) in [4.78, 5) is 13.2. The van der Waals surface area contributed by atoms with E-state index < -0.39 is 0 Å². The minimum atomic E-state index is -0.0561. The molecule has 104 valence electrons. The first-order valence-electron chi connectivity index (χ1n) is 6.95. The average Bonchev–Trinajstić information content (AvgIpc) is 3.06. The van der Waals surface area contributed by atoms with Crippen molar-refractivity contribution in [2.24, 2.45) is 0 Å². The van der Waals surface area contributed by atoms with Gasteiger partial charge in [-0.25, -0.2) is 4.79 Å². The van der Waals surface area contributed by atoms with Crippen LogP contribution in [0.5, 0.6) is 0 Å². The van der Waals surface area contributed by atoms with Crippen LogP contribution in [0.3, 0.4) is 0 Å². The van der Waals surface area contributed by atoms with Crippen LogP contribution in [0.4, 0.5) is 4.79 Å². The van der Waals surface area contributed by atoms with E-state index >= 15 is 0 Å². The molecule has 0 spiro atoms. The van der Waals surface area contributed by atoms with Crippen molar-refractivity contribution >= 4 is 17.4 Å². The van der Waals surface area contributed by atoms with Gasteiger partial charge in [0.1, 0.15) is 0 Å². The SMILES string of the molecule is O=C(NCCc1cccs1)NC1Cc2ccccc2C1. The Hall–Kier alpha value is -1.81. The number of nitrogens with one attached hydrogen (secondary N) is 2. The van der Waals surface area contributed by atoms with E-state index in [1.54, 1.807) is 11.3 Å². The maximum atomic E-state index is 11.9. The molecule has 3 rings (SSSR count). The summed E-state index contributed by atoms with van der Waals surface area (Å²) < 4.78 is 0. The van der Waals surface area contributed by atoms with Gasteiger partial charge >= 0.3 is 6.03 Å². The minimum absolute atomic E-state index is 0.0561. The van der Waals surface area contributed by atoms with Gasteiger partial charge in [-0.1, -0.05) is 30.3 Å². The highest BCUT2D eigenvalue weighted by Gasteiger charge is 2.21. The number of amides is 2. The van der Waals surface area contributed by atoms with E-state index in [2.05, 4.69) is 46.3 Å². The van der Waals surface area contributed by atoms with Crippen LogP contribution in [0.15, 0.2) is 41.8 Å². The zero-order valence-electron chi connectivity index (χ0n) is 11.3. The fourth-order valence-corrected chi connectivity index (χ4v) is 3.36. The fraction of sp³-hybridized carbons (Fsp3) is 0.312. The lowest BCUT2D eigenvalue weighted by atomic mass is 10.1. The first kappa shape index (κ1) is 13.2. The Morgan fingerprint density at radius 1 is 1.15 bits per heavy atom. The van der Waals surface area contributed by atoms with E-state index in [1.165, 1.54) is 16.0 Å². The van der Waals surface area contributed by atoms with Gasteiger partial charge in [0.15, 0.2) is 0 Å². The molecule has 1 heterocycles. The molecular weight excluding hydrogens is 268 g/mol. The van der Waals surface area contributed by atoms with E-state index in [9.17, 15) is 4.79 Å². The van der Waals surface area contributed by atoms with E-state index in [0.29, 0.717) is 6.54 Å². The van der Waals surface area contributed by atoms with Crippen LogP contribution in [-0.4, -0.2) is 18.6 Å². The molecule has 0 aliphatic heterocycles. The number of carbonyl (C=O) groups excluding carboxylic acids is 1. The predicted octanol–water partition coefficient (Wildman–Crippen LogP) is 2.76. The average molecular weight is 286 g/mol. The second-order valence-electron chi connectivity index (χ2n) is 5.10. The molecule has 3 nitrogen and oxygen atoms in total.